The SMILES string of the molecule is CC#Cc1ccc(N[N+]#N)cc1. The summed E-state index contributed by atoms with van der Waals surface area (Å²) in [6.07, 6.45) is 0. The molecule has 0 aliphatic heterocycles. The minimum Gasteiger partial charge on any atom is -0.101 e. The minimum atomic E-state index is 0.735. The third-order valence-corrected chi connectivity index (χ3v) is 1.33. The van der Waals surface area contributed by atoms with Gasteiger partial charge in [-0.3, -0.25) is 0 Å². The molecule has 1 aromatic rings. The first kappa shape index (κ1) is 8.10. The molecule has 0 atom stereocenters. The summed E-state index contributed by atoms with van der Waals surface area (Å²) in [5.74, 6) is 5.70. The lowest BCUT2D eigenvalue weighted by atomic mass is 10.2. The Balaban J connectivity index is 2.84. The summed E-state index contributed by atoms with van der Waals surface area (Å²) in [6.45, 7) is 1.79. The maximum Gasteiger partial charge on any atom is 0.308 e. The third kappa shape index (κ3) is 2.00. The second-order valence-electron chi connectivity index (χ2n) is 2.16. The molecular formula is C9H8N3+. The van der Waals surface area contributed by atoms with Gasteiger partial charge < -0.3 is 0 Å². The first-order valence-electron chi connectivity index (χ1n) is 3.49. The van der Waals surface area contributed by atoms with Crippen molar-refractivity contribution >= 4 is 5.69 Å². The summed E-state index contributed by atoms with van der Waals surface area (Å²) in [5, 5.41) is 11.0. The Labute approximate surface area is 71.0 Å². The van der Waals surface area contributed by atoms with E-state index in [2.05, 4.69) is 22.4 Å². The van der Waals surface area contributed by atoms with Crippen molar-refractivity contribution in [3.63, 3.8) is 0 Å². The Hall–Kier alpha value is -2.00. The van der Waals surface area contributed by atoms with Gasteiger partial charge in [0, 0.05) is 5.56 Å². The molecule has 0 saturated carbocycles. The molecule has 1 aromatic carbocycles. The quantitative estimate of drug-likeness (QED) is 0.387. The smallest absolute Gasteiger partial charge is 0.101 e. The fraction of sp³-hybridized carbons (Fsp3) is 0.111. The lowest BCUT2D eigenvalue weighted by molar-refractivity contribution is 1.39. The molecule has 0 bridgehead atoms. The summed E-state index contributed by atoms with van der Waals surface area (Å²) in [6, 6.07) is 7.28. The van der Waals surface area contributed by atoms with Gasteiger partial charge >= 0.3 is 5.08 Å². The molecule has 3 nitrogen and oxygen atoms in total. The maximum atomic E-state index is 8.18. The van der Waals surface area contributed by atoms with E-state index in [0.29, 0.717) is 0 Å². The van der Waals surface area contributed by atoms with Crippen molar-refractivity contribution in [1.82, 2.24) is 0 Å². The van der Waals surface area contributed by atoms with Gasteiger partial charge in [0.25, 0.3) is 5.39 Å². The van der Waals surface area contributed by atoms with Crippen molar-refractivity contribution in [3.8, 4) is 11.8 Å². The Kier molecular flexibility index (Phi) is 2.70. The van der Waals surface area contributed by atoms with Crippen LogP contribution in [0.2, 0.25) is 0 Å². The molecule has 0 aliphatic rings. The van der Waals surface area contributed by atoms with Crippen LogP contribution in [0.15, 0.2) is 24.3 Å². The highest BCUT2D eigenvalue weighted by Crippen LogP contribution is 2.08. The van der Waals surface area contributed by atoms with Crippen LogP contribution in [-0.2, 0) is 0 Å². The van der Waals surface area contributed by atoms with Crippen molar-refractivity contribution in [2.75, 3.05) is 5.43 Å². The lowest BCUT2D eigenvalue weighted by Gasteiger charge is -1.89. The number of nitrogens with zero attached hydrogens (tertiary/aromatic N) is 2. The molecule has 0 radical (unpaired) electrons. The zero-order chi connectivity index (χ0) is 8.81. The van der Waals surface area contributed by atoms with Gasteiger partial charge in [-0.25, -0.2) is 0 Å². The molecule has 12 heavy (non-hydrogen) atoms. The van der Waals surface area contributed by atoms with E-state index in [0.717, 1.165) is 11.3 Å². The van der Waals surface area contributed by atoms with E-state index < -0.39 is 0 Å². The predicted molar refractivity (Wildman–Crippen MR) is 47.7 cm³/mol. The predicted octanol–water partition coefficient (Wildman–Crippen LogP) is 2.24. The van der Waals surface area contributed by atoms with E-state index in [1.807, 2.05) is 12.1 Å². The number of anilines is 1. The highest BCUT2D eigenvalue weighted by atomic mass is 15.3. The lowest BCUT2D eigenvalue weighted by Crippen LogP contribution is -1.83. The van der Waals surface area contributed by atoms with Gasteiger partial charge in [-0.1, -0.05) is 5.92 Å². The molecule has 1 rings (SSSR count). The van der Waals surface area contributed by atoms with Gasteiger partial charge in [0.2, 0.25) is 0 Å². The van der Waals surface area contributed by atoms with Crippen LogP contribution in [0.25, 0.3) is 5.08 Å². The summed E-state index contributed by atoms with van der Waals surface area (Å²) < 4.78 is 0. The average Bonchev–Trinajstić information content (AvgIpc) is 2.09. The van der Waals surface area contributed by atoms with Crippen LogP contribution in [0.1, 0.15) is 12.5 Å². The molecule has 1 N–H and O–H groups in total. The van der Waals surface area contributed by atoms with Crippen LogP contribution in [0.4, 0.5) is 5.69 Å². The topological polar surface area (TPSA) is 40.2 Å². The van der Waals surface area contributed by atoms with Gasteiger partial charge in [-0.15, -0.1) is 5.92 Å². The Morgan fingerprint density at radius 1 is 1.33 bits per heavy atom. The zero-order valence-electron chi connectivity index (χ0n) is 6.70. The number of hydrogen-bond acceptors (Lipinski definition) is 2. The van der Waals surface area contributed by atoms with E-state index in [9.17, 15) is 0 Å². The summed E-state index contributed by atoms with van der Waals surface area (Å²) in [5.41, 5.74) is 4.09. The highest BCUT2D eigenvalue weighted by Gasteiger charge is 1.95. The molecule has 0 fully saturated rings. The zero-order valence-corrected chi connectivity index (χ0v) is 6.70. The van der Waals surface area contributed by atoms with Crippen LogP contribution in [-0.4, -0.2) is 0 Å². The summed E-state index contributed by atoms with van der Waals surface area (Å²) in [7, 11) is 0. The standard InChI is InChI=1S/C9H8N3/c1-2-3-8-4-6-9(7-5-8)11-12-10/h4-7,11H,1H3/q+1. The fourth-order valence-corrected chi connectivity index (χ4v) is 0.830. The minimum absolute atomic E-state index is 0.735. The Morgan fingerprint density at radius 2 is 2.00 bits per heavy atom. The monoisotopic (exact) mass is 158 g/mol. The highest BCUT2D eigenvalue weighted by molar-refractivity contribution is 5.48. The van der Waals surface area contributed by atoms with Crippen LogP contribution >= 0.6 is 0 Å². The van der Waals surface area contributed by atoms with Crippen LogP contribution < -0.4 is 5.43 Å². The van der Waals surface area contributed by atoms with Gasteiger partial charge in [-0.2, -0.15) is 0 Å². The first-order valence-corrected chi connectivity index (χ1v) is 3.49. The summed E-state index contributed by atoms with van der Waals surface area (Å²) >= 11 is 0. The van der Waals surface area contributed by atoms with Crippen LogP contribution in [0, 0.1) is 17.2 Å². The van der Waals surface area contributed by atoms with Gasteiger partial charge in [-0.05, 0) is 36.6 Å². The molecule has 0 amide bonds. The Bertz CT molecular complexity index is 348. The van der Waals surface area contributed by atoms with Crippen molar-refractivity contribution < 1.29 is 0 Å². The maximum absolute atomic E-state index is 8.18. The molecule has 0 unspecified atom stereocenters. The van der Waals surface area contributed by atoms with Crippen LogP contribution in [0.3, 0.4) is 0 Å². The van der Waals surface area contributed by atoms with Gasteiger partial charge in [0.05, 0.1) is 0 Å². The van der Waals surface area contributed by atoms with Crippen molar-refractivity contribution in [2.24, 2.45) is 0 Å². The van der Waals surface area contributed by atoms with Gasteiger partial charge in [0.15, 0.2) is 0 Å². The van der Waals surface area contributed by atoms with Crippen molar-refractivity contribution in [1.29, 1.82) is 5.39 Å². The van der Waals surface area contributed by atoms with E-state index in [-0.39, 0.29) is 0 Å². The molecule has 0 heterocycles. The normalized spacial score (nSPS) is 7.67. The Morgan fingerprint density at radius 3 is 2.50 bits per heavy atom. The first-order chi connectivity index (χ1) is 5.86. The molecular weight excluding hydrogens is 150 g/mol. The number of nitrogens with one attached hydrogen (secondary N) is 1. The van der Waals surface area contributed by atoms with E-state index in [4.69, 9.17) is 5.39 Å². The largest absolute Gasteiger partial charge is 0.308 e. The molecule has 3 heteroatoms. The number of benzene rings is 1. The van der Waals surface area contributed by atoms with Crippen LogP contribution in [0.5, 0.6) is 0 Å². The van der Waals surface area contributed by atoms with Crippen molar-refractivity contribution in [2.45, 2.75) is 6.92 Å². The second-order valence-corrected chi connectivity index (χ2v) is 2.16. The van der Waals surface area contributed by atoms with E-state index >= 15 is 0 Å². The van der Waals surface area contributed by atoms with Crippen molar-refractivity contribution in [3.05, 3.63) is 34.9 Å². The van der Waals surface area contributed by atoms with E-state index in [1.54, 1.807) is 19.1 Å². The van der Waals surface area contributed by atoms with Gasteiger partial charge in [0.1, 0.15) is 5.69 Å². The van der Waals surface area contributed by atoms with E-state index in [1.165, 1.54) is 0 Å². The molecule has 0 spiro atoms. The molecule has 0 saturated heterocycles. The second kappa shape index (κ2) is 4.00. The summed E-state index contributed by atoms with van der Waals surface area (Å²) in [4.78, 5) is 0. The fourth-order valence-electron chi connectivity index (χ4n) is 0.830. The number of hydrogen-bond donors (Lipinski definition) is 1. The molecule has 0 aliphatic carbocycles. The molecule has 0 aromatic heterocycles. The average molecular weight is 158 g/mol. The number of diazo groups is 1. The third-order valence-electron chi connectivity index (χ3n) is 1.33. The molecule has 58 valence electrons. The number of rotatable bonds is 1.